The van der Waals surface area contributed by atoms with E-state index in [1.807, 2.05) is 118 Å². The minimum atomic E-state index is -3.72. The summed E-state index contributed by atoms with van der Waals surface area (Å²) in [6.45, 7) is 9.33. The number of fused-ring (bicyclic) bond motifs is 2. The van der Waals surface area contributed by atoms with Crippen LogP contribution in [-0.4, -0.2) is 51.5 Å². The van der Waals surface area contributed by atoms with Crippen LogP contribution in [0, 0.1) is 0 Å². The molecule has 14 heteroatoms. The van der Waals surface area contributed by atoms with E-state index in [0.717, 1.165) is 63.8 Å². The van der Waals surface area contributed by atoms with Crippen LogP contribution in [0.1, 0.15) is 83.5 Å². The third-order valence-electron chi connectivity index (χ3n) is 10.8. The molecule has 6 aromatic carbocycles. The van der Waals surface area contributed by atoms with Gasteiger partial charge in [0.05, 0.1) is 30.2 Å². The van der Waals surface area contributed by atoms with Crippen molar-refractivity contribution in [1.82, 2.24) is 19.4 Å². The van der Waals surface area contributed by atoms with Crippen LogP contribution in [-0.2, 0) is 39.3 Å². The second-order valence-corrected chi connectivity index (χ2v) is 21.5. The summed E-state index contributed by atoms with van der Waals surface area (Å²) in [5.74, 6) is -0.135. The fourth-order valence-corrected chi connectivity index (χ4v) is 11.4. The van der Waals surface area contributed by atoms with Crippen molar-refractivity contribution in [2.45, 2.75) is 69.6 Å². The first-order chi connectivity index (χ1) is 31.1. The molecule has 0 atom stereocenters. The topological polar surface area (TPSA) is 152 Å². The molecule has 0 aliphatic heterocycles. The van der Waals surface area contributed by atoms with E-state index in [-0.39, 0.29) is 40.4 Å². The van der Waals surface area contributed by atoms with Gasteiger partial charge in [0.25, 0.3) is 0 Å². The first kappa shape index (κ1) is 47.2. The Labute approximate surface area is 388 Å². The summed E-state index contributed by atoms with van der Waals surface area (Å²) in [5, 5.41) is 1.94. The van der Waals surface area contributed by atoms with Crippen molar-refractivity contribution in [1.29, 1.82) is 0 Å². The normalized spacial score (nSPS) is 11.8. The zero-order valence-electron chi connectivity index (χ0n) is 36.8. The van der Waals surface area contributed by atoms with Gasteiger partial charge in [-0.1, -0.05) is 106 Å². The van der Waals surface area contributed by atoms with Gasteiger partial charge in [-0.2, -0.15) is 0 Å². The van der Waals surface area contributed by atoms with Crippen molar-refractivity contribution >= 4 is 74.7 Å². The summed E-state index contributed by atoms with van der Waals surface area (Å²) in [7, 11) is -7.42. The fourth-order valence-electron chi connectivity index (χ4n) is 7.36. The van der Waals surface area contributed by atoms with Gasteiger partial charge in [-0.25, -0.2) is 36.2 Å². The number of rotatable bonds is 16. The Morgan fingerprint density at radius 1 is 0.569 bits per heavy atom. The number of carbonyl (C=O) groups is 2. The number of hydrogen-bond donors (Lipinski definition) is 2. The summed E-state index contributed by atoms with van der Waals surface area (Å²) < 4.78 is 58.6. The molecular formula is C51H50N4O6S4. The van der Waals surface area contributed by atoms with Gasteiger partial charge in [-0.15, -0.1) is 22.7 Å². The third-order valence-corrected chi connectivity index (χ3v) is 15.9. The summed E-state index contributed by atoms with van der Waals surface area (Å²) in [6.07, 6.45) is 1.75. The van der Waals surface area contributed by atoms with Gasteiger partial charge >= 0.3 is 0 Å². The van der Waals surface area contributed by atoms with Gasteiger partial charge in [0, 0.05) is 35.3 Å². The molecule has 8 aromatic rings. The summed E-state index contributed by atoms with van der Waals surface area (Å²) in [5.41, 5.74) is 8.63. The maximum atomic E-state index is 12.8. The molecule has 0 radical (unpaired) electrons. The maximum Gasteiger partial charge on any atom is 0.240 e. The lowest BCUT2D eigenvalue weighted by Gasteiger charge is -2.13. The van der Waals surface area contributed by atoms with Gasteiger partial charge in [0.1, 0.15) is 10.0 Å². The second-order valence-electron chi connectivity index (χ2n) is 15.9. The van der Waals surface area contributed by atoms with Crippen LogP contribution in [0.4, 0.5) is 0 Å². The summed E-state index contributed by atoms with van der Waals surface area (Å²) in [4.78, 5) is 33.6. The van der Waals surface area contributed by atoms with Crippen LogP contribution < -0.4 is 9.44 Å². The Morgan fingerprint density at radius 3 is 1.45 bits per heavy atom. The molecule has 2 heterocycles. The number of Topliss-reactive ketones (excluding diaryl/α,β-unsaturated/α-hetero) is 2. The molecule has 334 valence electrons. The molecule has 8 rings (SSSR count). The van der Waals surface area contributed by atoms with Gasteiger partial charge in [-0.05, 0) is 110 Å². The fraction of sp³-hybridized carbons (Fsp3) is 0.216. The molecule has 0 aliphatic rings. The quantitative estimate of drug-likeness (QED) is 0.0908. The summed E-state index contributed by atoms with van der Waals surface area (Å²) >= 11 is 3.28. The molecule has 2 aromatic heterocycles. The average Bonchev–Trinajstić information content (AvgIpc) is 3.94. The molecule has 2 N–H and O–H groups in total. The highest BCUT2D eigenvalue weighted by molar-refractivity contribution is 7.89. The lowest BCUT2D eigenvalue weighted by atomic mass is 9.95. The van der Waals surface area contributed by atoms with Gasteiger partial charge < -0.3 is 0 Å². The predicted molar refractivity (Wildman–Crippen MR) is 264 cm³/mol. The van der Waals surface area contributed by atoms with E-state index in [9.17, 15) is 26.4 Å². The average molecular weight is 943 g/mol. The Bertz CT molecular complexity index is 3220. The highest BCUT2D eigenvalue weighted by Crippen LogP contribution is 2.32. The standard InChI is InChI=1S/C26H26N2O3S2.C25H24N2O3S2/c1-17(2)22-11-10-21(16-23(22)18(3)29)33(30,31)27-14-13-19-9-12-25-24(15-19)28-26(32-25)20-7-5-4-6-8-20;1-3-19-10-11-21(16-22(19)17(2)28)32(29,30)26-14-13-18-9-12-24-23(15-18)27-25(31-24)20-7-5-4-6-8-20/h4-12,15-17,27H,13-14H2,1-3H3;4-12,15-16,26H,3,13-14H2,1-2H3. The smallest absolute Gasteiger partial charge is 0.240 e. The number of nitrogens with zero attached hydrogens (tertiary/aromatic N) is 2. The highest BCUT2D eigenvalue weighted by Gasteiger charge is 2.20. The van der Waals surface area contributed by atoms with Crippen LogP contribution in [0.3, 0.4) is 0 Å². The Morgan fingerprint density at radius 2 is 1.02 bits per heavy atom. The predicted octanol–water partition coefficient (Wildman–Crippen LogP) is 11.1. The Kier molecular flexibility index (Phi) is 15.0. The molecule has 0 bridgehead atoms. The van der Waals surface area contributed by atoms with E-state index in [1.165, 1.54) is 26.0 Å². The van der Waals surface area contributed by atoms with E-state index in [4.69, 9.17) is 9.97 Å². The maximum absolute atomic E-state index is 12.8. The van der Waals surface area contributed by atoms with Crippen LogP contribution in [0.5, 0.6) is 0 Å². The van der Waals surface area contributed by atoms with Crippen molar-refractivity contribution in [2.24, 2.45) is 0 Å². The monoisotopic (exact) mass is 942 g/mol. The van der Waals surface area contributed by atoms with E-state index in [0.29, 0.717) is 30.4 Å². The zero-order valence-corrected chi connectivity index (χ0v) is 40.1. The number of ketones is 2. The van der Waals surface area contributed by atoms with Gasteiger partial charge in [0.15, 0.2) is 11.6 Å². The second kappa shape index (κ2) is 20.6. The molecule has 0 saturated carbocycles. The molecule has 0 saturated heterocycles. The van der Waals surface area contributed by atoms with Crippen LogP contribution in [0.2, 0.25) is 0 Å². The molecule has 0 unspecified atom stereocenters. The Hall–Kier alpha value is -5.74. The molecule has 0 aliphatic carbocycles. The number of aryl methyl sites for hydroxylation is 1. The van der Waals surface area contributed by atoms with Crippen molar-refractivity contribution in [2.75, 3.05) is 13.1 Å². The number of thiazole rings is 2. The number of hydrogen-bond acceptors (Lipinski definition) is 10. The van der Waals surface area contributed by atoms with Crippen LogP contribution in [0.25, 0.3) is 41.6 Å². The first-order valence-electron chi connectivity index (χ1n) is 21.3. The zero-order chi connectivity index (χ0) is 46.3. The minimum Gasteiger partial charge on any atom is -0.295 e. The number of benzene rings is 6. The van der Waals surface area contributed by atoms with Crippen molar-refractivity contribution in [3.8, 4) is 21.1 Å². The number of nitrogens with one attached hydrogen (secondary N) is 2. The third kappa shape index (κ3) is 11.6. The van der Waals surface area contributed by atoms with Crippen molar-refractivity contribution < 1.29 is 26.4 Å². The van der Waals surface area contributed by atoms with E-state index in [1.54, 1.807) is 46.9 Å². The molecule has 0 fully saturated rings. The number of sulfonamides is 2. The van der Waals surface area contributed by atoms with Gasteiger partial charge in [0.2, 0.25) is 20.0 Å². The van der Waals surface area contributed by atoms with E-state index < -0.39 is 20.0 Å². The van der Waals surface area contributed by atoms with Crippen molar-refractivity contribution in [3.63, 3.8) is 0 Å². The molecule has 0 spiro atoms. The first-order valence-corrected chi connectivity index (χ1v) is 25.9. The largest absolute Gasteiger partial charge is 0.295 e. The molecule has 0 amide bonds. The van der Waals surface area contributed by atoms with E-state index in [2.05, 4.69) is 9.44 Å². The molecular weight excluding hydrogens is 893 g/mol. The Balaban J connectivity index is 0.000000194. The lowest BCUT2D eigenvalue weighted by Crippen LogP contribution is -2.26. The summed E-state index contributed by atoms with van der Waals surface area (Å²) in [6, 6.07) is 41.7. The molecule has 65 heavy (non-hydrogen) atoms. The van der Waals surface area contributed by atoms with Crippen LogP contribution >= 0.6 is 22.7 Å². The number of aromatic nitrogens is 2. The lowest BCUT2D eigenvalue weighted by molar-refractivity contribution is 0.100. The SMILES string of the molecule is CC(=O)c1cc(S(=O)(=O)NCCc2ccc3sc(-c4ccccc4)nc3c2)ccc1C(C)C.CCc1ccc(S(=O)(=O)NCCc2ccc3sc(-c4ccccc4)nc3c2)cc1C(C)=O. The van der Waals surface area contributed by atoms with Crippen LogP contribution in [0.15, 0.2) is 143 Å². The van der Waals surface area contributed by atoms with Crippen molar-refractivity contribution in [3.05, 3.63) is 167 Å². The molecule has 10 nitrogen and oxygen atoms in total. The van der Waals surface area contributed by atoms with Gasteiger partial charge in [-0.3, -0.25) is 9.59 Å². The minimum absolute atomic E-state index is 0.111. The number of carbonyl (C=O) groups excluding carboxylic acids is 2. The highest BCUT2D eigenvalue weighted by atomic mass is 32.2. The van der Waals surface area contributed by atoms with E-state index >= 15 is 0 Å².